The lowest BCUT2D eigenvalue weighted by atomic mass is 9.86. The van der Waals surface area contributed by atoms with Gasteiger partial charge in [0, 0.05) is 42.3 Å². The van der Waals surface area contributed by atoms with Gasteiger partial charge in [-0.3, -0.25) is 4.79 Å². The van der Waals surface area contributed by atoms with Crippen LogP contribution >= 0.6 is 11.6 Å². The molecule has 1 aliphatic rings. The highest BCUT2D eigenvalue weighted by Crippen LogP contribution is 2.43. The second kappa shape index (κ2) is 8.30. The number of piperidine rings is 1. The van der Waals surface area contributed by atoms with Crippen molar-refractivity contribution < 1.29 is 19.0 Å². The Hall–Kier alpha value is -2.54. The van der Waals surface area contributed by atoms with Gasteiger partial charge in [-0.2, -0.15) is 0 Å². The summed E-state index contributed by atoms with van der Waals surface area (Å²) in [5.74, 6) is 0.951. The van der Waals surface area contributed by atoms with Crippen LogP contribution in [0.5, 0.6) is 11.5 Å². The van der Waals surface area contributed by atoms with Gasteiger partial charge in [-0.1, -0.05) is 23.7 Å². The Morgan fingerprint density at radius 2 is 1.90 bits per heavy atom. The number of aliphatic hydroxyl groups is 1. The van der Waals surface area contributed by atoms with Crippen molar-refractivity contribution in [2.24, 2.45) is 0 Å². The highest BCUT2D eigenvalue weighted by molar-refractivity contribution is 6.33. The Labute approximate surface area is 179 Å². The Kier molecular flexibility index (Phi) is 5.73. The molecule has 0 amide bonds. The molecule has 1 aliphatic heterocycles. The summed E-state index contributed by atoms with van der Waals surface area (Å²) in [5, 5.41) is 11.6. The minimum absolute atomic E-state index is 0.245. The van der Waals surface area contributed by atoms with Crippen molar-refractivity contribution in [1.29, 1.82) is 0 Å². The Bertz CT molecular complexity index is 1140. The number of hydrogen-bond donors (Lipinski definition) is 1. The fourth-order valence-corrected chi connectivity index (χ4v) is 4.39. The Morgan fingerprint density at radius 3 is 2.60 bits per heavy atom. The quantitative estimate of drug-likeness (QED) is 0.678. The van der Waals surface area contributed by atoms with E-state index < -0.39 is 6.10 Å². The maximum atomic E-state index is 13.1. The number of ether oxygens (including phenoxy) is 2. The van der Waals surface area contributed by atoms with E-state index in [1.807, 2.05) is 19.2 Å². The van der Waals surface area contributed by atoms with Crippen LogP contribution in [0.2, 0.25) is 5.02 Å². The standard InChI is InChI=1S/C23H24ClNO5/c1-25-9-8-16(26)14(12-25)21-19(28-2)11-20(29-3)22-17(27)10-18(30-23(21)22)13-6-4-5-7-15(13)24/h4-7,10-11,14,16,26H,8-9,12H2,1-3H3/t14-,16-/m1/s1. The first-order chi connectivity index (χ1) is 14.4. The molecule has 158 valence electrons. The van der Waals surface area contributed by atoms with Crippen molar-refractivity contribution in [2.75, 3.05) is 34.4 Å². The van der Waals surface area contributed by atoms with Gasteiger partial charge in [-0.05, 0) is 25.6 Å². The number of aliphatic hydroxyl groups excluding tert-OH is 1. The lowest BCUT2D eigenvalue weighted by Gasteiger charge is -2.35. The van der Waals surface area contributed by atoms with Gasteiger partial charge in [0.05, 0.1) is 25.3 Å². The van der Waals surface area contributed by atoms with E-state index in [-0.39, 0.29) is 11.3 Å². The average Bonchev–Trinajstić information content (AvgIpc) is 2.74. The molecule has 2 heterocycles. The van der Waals surface area contributed by atoms with Gasteiger partial charge in [0.1, 0.15) is 28.2 Å². The van der Waals surface area contributed by atoms with Gasteiger partial charge in [0.25, 0.3) is 0 Å². The van der Waals surface area contributed by atoms with E-state index in [4.69, 9.17) is 25.5 Å². The molecule has 0 unspecified atom stereocenters. The number of likely N-dealkylation sites (tertiary alicyclic amines) is 1. The first-order valence-electron chi connectivity index (χ1n) is 9.78. The molecule has 0 aliphatic carbocycles. The summed E-state index contributed by atoms with van der Waals surface area (Å²) in [4.78, 5) is 15.3. The zero-order chi connectivity index (χ0) is 21.4. The fourth-order valence-electron chi connectivity index (χ4n) is 4.16. The normalized spacial score (nSPS) is 19.8. The van der Waals surface area contributed by atoms with Crippen LogP contribution in [-0.2, 0) is 0 Å². The molecule has 2 aromatic carbocycles. The van der Waals surface area contributed by atoms with Gasteiger partial charge in [0.15, 0.2) is 5.43 Å². The maximum absolute atomic E-state index is 13.1. The van der Waals surface area contributed by atoms with Crippen LogP contribution in [-0.4, -0.2) is 50.5 Å². The molecule has 0 radical (unpaired) electrons. The zero-order valence-electron chi connectivity index (χ0n) is 17.1. The first kappa shape index (κ1) is 20.7. The largest absolute Gasteiger partial charge is 0.496 e. The third-order valence-corrected chi connectivity index (χ3v) is 6.03. The van der Waals surface area contributed by atoms with Crippen molar-refractivity contribution in [1.82, 2.24) is 4.90 Å². The number of halogens is 1. The summed E-state index contributed by atoms with van der Waals surface area (Å²) in [5.41, 5.74) is 1.39. The summed E-state index contributed by atoms with van der Waals surface area (Å²) in [6, 6.07) is 10.3. The molecule has 0 saturated carbocycles. The molecule has 7 heteroatoms. The van der Waals surface area contributed by atoms with E-state index in [9.17, 15) is 9.90 Å². The number of benzene rings is 2. The van der Waals surface area contributed by atoms with E-state index in [1.165, 1.54) is 13.2 Å². The molecule has 6 nitrogen and oxygen atoms in total. The third-order valence-electron chi connectivity index (χ3n) is 5.70. The van der Waals surface area contributed by atoms with Crippen molar-refractivity contribution in [3.8, 4) is 22.8 Å². The predicted molar refractivity (Wildman–Crippen MR) is 117 cm³/mol. The van der Waals surface area contributed by atoms with Crippen LogP contribution in [0, 0.1) is 0 Å². The minimum Gasteiger partial charge on any atom is -0.496 e. The lowest BCUT2D eigenvalue weighted by molar-refractivity contribution is 0.0700. The minimum atomic E-state index is -0.582. The van der Waals surface area contributed by atoms with Crippen LogP contribution in [0.15, 0.2) is 45.6 Å². The molecule has 3 aromatic rings. The number of likely N-dealkylation sites (N-methyl/N-ethyl adjacent to an activating group) is 1. The zero-order valence-corrected chi connectivity index (χ0v) is 17.9. The summed E-state index contributed by atoms with van der Waals surface area (Å²) in [6.45, 7) is 1.40. The second-order valence-corrected chi connectivity index (χ2v) is 7.99. The molecule has 2 atom stereocenters. The topological polar surface area (TPSA) is 72.1 Å². The van der Waals surface area contributed by atoms with Crippen molar-refractivity contribution in [3.05, 3.63) is 57.2 Å². The summed E-state index contributed by atoms with van der Waals surface area (Å²) in [6.07, 6.45) is 0.0349. The number of nitrogens with zero attached hydrogens (tertiary/aromatic N) is 1. The van der Waals surface area contributed by atoms with Crippen LogP contribution in [0.3, 0.4) is 0 Å². The van der Waals surface area contributed by atoms with E-state index in [1.54, 1.807) is 25.3 Å². The highest BCUT2D eigenvalue weighted by Gasteiger charge is 2.33. The predicted octanol–water partition coefficient (Wildman–Crippen LogP) is 3.91. The van der Waals surface area contributed by atoms with Gasteiger partial charge in [-0.25, -0.2) is 0 Å². The van der Waals surface area contributed by atoms with Crippen molar-refractivity contribution >= 4 is 22.6 Å². The number of methoxy groups -OCH3 is 2. The monoisotopic (exact) mass is 429 g/mol. The first-order valence-corrected chi connectivity index (χ1v) is 10.2. The molecule has 4 rings (SSSR count). The lowest BCUT2D eigenvalue weighted by Crippen LogP contribution is -2.39. The van der Waals surface area contributed by atoms with Gasteiger partial charge in [-0.15, -0.1) is 0 Å². The van der Waals surface area contributed by atoms with Crippen molar-refractivity contribution in [3.63, 3.8) is 0 Å². The van der Waals surface area contributed by atoms with E-state index in [0.717, 1.165) is 6.54 Å². The van der Waals surface area contributed by atoms with Crippen LogP contribution in [0.1, 0.15) is 17.9 Å². The molecule has 0 spiro atoms. The number of hydrogen-bond acceptors (Lipinski definition) is 6. The molecule has 1 N–H and O–H groups in total. The molecular formula is C23H24ClNO5. The summed E-state index contributed by atoms with van der Waals surface area (Å²) >= 11 is 6.35. The summed E-state index contributed by atoms with van der Waals surface area (Å²) < 4.78 is 17.4. The van der Waals surface area contributed by atoms with Crippen LogP contribution in [0.4, 0.5) is 0 Å². The Balaban J connectivity index is 2.06. The summed E-state index contributed by atoms with van der Waals surface area (Å²) in [7, 11) is 5.06. The van der Waals surface area contributed by atoms with Gasteiger partial charge >= 0.3 is 0 Å². The van der Waals surface area contributed by atoms with Gasteiger partial charge in [0.2, 0.25) is 0 Å². The van der Waals surface area contributed by atoms with Crippen LogP contribution < -0.4 is 14.9 Å². The molecule has 1 aromatic heterocycles. The maximum Gasteiger partial charge on any atom is 0.197 e. The smallest absolute Gasteiger partial charge is 0.197 e. The molecule has 1 saturated heterocycles. The number of fused-ring (bicyclic) bond motifs is 1. The van der Waals surface area contributed by atoms with E-state index >= 15 is 0 Å². The van der Waals surface area contributed by atoms with E-state index in [0.29, 0.717) is 57.3 Å². The average molecular weight is 430 g/mol. The molecule has 0 bridgehead atoms. The molecule has 30 heavy (non-hydrogen) atoms. The van der Waals surface area contributed by atoms with Gasteiger partial charge < -0.3 is 23.9 Å². The molecular weight excluding hydrogens is 406 g/mol. The highest BCUT2D eigenvalue weighted by atomic mass is 35.5. The molecule has 1 fully saturated rings. The third kappa shape index (κ3) is 3.55. The Morgan fingerprint density at radius 1 is 1.17 bits per heavy atom. The van der Waals surface area contributed by atoms with E-state index in [2.05, 4.69) is 4.90 Å². The van der Waals surface area contributed by atoms with Crippen molar-refractivity contribution in [2.45, 2.75) is 18.4 Å². The fraction of sp³-hybridized carbons (Fsp3) is 0.348. The second-order valence-electron chi connectivity index (χ2n) is 7.58. The SMILES string of the molecule is COc1cc(OC)c2c(=O)cc(-c3ccccc3Cl)oc2c1[C@@H]1CN(C)CC[C@H]1O. The number of rotatable bonds is 4. The van der Waals surface area contributed by atoms with Crippen LogP contribution in [0.25, 0.3) is 22.3 Å².